The predicted octanol–water partition coefficient (Wildman–Crippen LogP) is 1.85. The molecule has 0 radical (unpaired) electrons. The van der Waals surface area contributed by atoms with Crippen LogP contribution in [0.2, 0.25) is 0 Å². The lowest BCUT2D eigenvalue weighted by Crippen LogP contribution is -2.40. The summed E-state index contributed by atoms with van der Waals surface area (Å²) >= 11 is 3.44. The first kappa shape index (κ1) is 18.0. The Labute approximate surface area is 163 Å². The molecule has 3 heterocycles. The van der Waals surface area contributed by atoms with E-state index in [4.69, 9.17) is 4.74 Å². The van der Waals surface area contributed by atoms with E-state index in [0.29, 0.717) is 36.9 Å². The van der Waals surface area contributed by atoms with Crippen LogP contribution in [0.1, 0.15) is 6.92 Å². The number of hydrogen-bond donors (Lipinski definition) is 0. The molecule has 0 aliphatic carbocycles. The van der Waals surface area contributed by atoms with Crippen LogP contribution in [0.25, 0.3) is 11.2 Å². The number of fused-ring (bicyclic) bond motifs is 3. The average molecular weight is 434 g/mol. The van der Waals surface area contributed by atoms with Crippen molar-refractivity contribution in [2.75, 3.05) is 24.7 Å². The second kappa shape index (κ2) is 6.97. The summed E-state index contributed by atoms with van der Waals surface area (Å²) in [6.07, 6.45) is 0. The third-order valence-electron chi connectivity index (χ3n) is 4.80. The summed E-state index contributed by atoms with van der Waals surface area (Å²) in [6, 6.07) is 7.94. The quantitative estimate of drug-likeness (QED) is 0.574. The number of imidazole rings is 1. The number of aryl methyl sites for hydroxylation is 1. The molecule has 3 aromatic rings. The van der Waals surface area contributed by atoms with E-state index in [0.717, 1.165) is 16.7 Å². The van der Waals surface area contributed by atoms with Crippen molar-refractivity contribution in [1.82, 2.24) is 18.7 Å². The molecule has 0 saturated carbocycles. The van der Waals surface area contributed by atoms with E-state index in [1.54, 1.807) is 7.05 Å². The number of anilines is 2. The van der Waals surface area contributed by atoms with E-state index in [2.05, 4.69) is 25.8 Å². The predicted molar refractivity (Wildman–Crippen MR) is 107 cm³/mol. The van der Waals surface area contributed by atoms with Gasteiger partial charge in [-0.3, -0.25) is 13.9 Å². The van der Waals surface area contributed by atoms with E-state index >= 15 is 0 Å². The maximum Gasteiger partial charge on any atom is 0.332 e. The average Bonchev–Trinajstić information content (AvgIpc) is 3.23. The summed E-state index contributed by atoms with van der Waals surface area (Å²) in [7, 11) is 1.65. The van der Waals surface area contributed by atoms with Crippen molar-refractivity contribution >= 4 is 38.7 Å². The summed E-state index contributed by atoms with van der Waals surface area (Å²) in [6.45, 7) is 4.34. The molecule has 0 amide bonds. The van der Waals surface area contributed by atoms with Crippen LogP contribution in [-0.4, -0.2) is 38.4 Å². The van der Waals surface area contributed by atoms with Crippen molar-refractivity contribution in [3.63, 3.8) is 0 Å². The van der Waals surface area contributed by atoms with Gasteiger partial charge in [0.25, 0.3) is 5.56 Å². The maximum absolute atomic E-state index is 13.0. The Morgan fingerprint density at radius 3 is 2.63 bits per heavy atom. The van der Waals surface area contributed by atoms with Crippen molar-refractivity contribution in [3.05, 3.63) is 49.6 Å². The molecule has 1 aliphatic heterocycles. The summed E-state index contributed by atoms with van der Waals surface area (Å²) in [5, 5.41) is 0. The van der Waals surface area contributed by atoms with Crippen molar-refractivity contribution in [2.45, 2.75) is 20.0 Å². The summed E-state index contributed by atoms with van der Waals surface area (Å²) < 4.78 is 10.9. The SMILES string of the molecule is CCOCCn1c(=O)c2c(nc3n2CCN3c2ccc(Br)cc2)n(C)c1=O. The van der Waals surface area contributed by atoms with Crippen molar-refractivity contribution in [2.24, 2.45) is 7.05 Å². The largest absolute Gasteiger partial charge is 0.380 e. The van der Waals surface area contributed by atoms with Crippen molar-refractivity contribution in [3.8, 4) is 0 Å². The molecule has 1 aromatic carbocycles. The molecule has 0 unspecified atom stereocenters. The normalized spacial score (nSPS) is 13.5. The van der Waals surface area contributed by atoms with E-state index in [9.17, 15) is 9.59 Å². The maximum atomic E-state index is 13.0. The number of rotatable bonds is 5. The Morgan fingerprint density at radius 1 is 1.19 bits per heavy atom. The van der Waals surface area contributed by atoms with Gasteiger partial charge in [0, 0.05) is 36.9 Å². The second-order valence-electron chi connectivity index (χ2n) is 6.36. The van der Waals surface area contributed by atoms with Gasteiger partial charge in [0.1, 0.15) is 0 Å². The third-order valence-corrected chi connectivity index (χ3v) is 5.33. The highest BCUT2D eigenvalue weighted by molar-refractivity contribution is 9.10. The molecule has 0 N–H and O–H groups in total. The van der Waals surface area contributed by atoms with Gasteiger partial charge >= 0.3 is 5.69 Å². The molecule has 8 nitrogen and oxygen atoms in total. The fraction of sp³-hybridized carbons (Fsp3) is 0.389. The zero-order chi connectivity index (χ0) is 19.1. The van der Waals surface area contributed by atoms with E-state index in [-0.39, 0.29) is 17.8 Å². The Morgan fingerprint density at radius 2 is 1.93 bits per heavy atom. The fourth-order valence-electron chi connectivity index (χ4n) is 3.44. The first-order valence-corrected chi connectivity index (χ1v) is 9.63. The lowest BCUT2D eigenvalue weighted by Gasteiger charge is -2.15. The van der Waals surface area contributed by atoms with E-state index in [1.807, 2.05) is 35.8 Å². The third kappa shape index (κ3) is 2.90. The first-order chi connectivity index (χ1) is 13.0. The summed E-state index contributed by atoms with van der Waals surface area (Å²) in [5.41, 5.74) is 1.18. The molecule has 27 heavy (non-hydrogen) atoms. The molecule has 4 rings (SSSR count). The fourth-order valence-corrected chi connectivity index (χ4v) is 3.71. The number of ether oxygens (including phenoxy) is 1. The molecule has 0 saturated heterocycles. The van der Waals surface area contributed by atoms with Crippen molar-refractivity contribution < 1.29 is 4.74 Å². The minimum Gasteiger partial charge on any atom is -0.380 e. The van der Waals surface area contributed by atoms with Gasteiger partial charge in [-0.15, -0.1) is 0 Å². The zero-order valence-corrected chi connectivity index (χ0v) is 16.8. The molecule has 9 heteroatoms. The highest BCUT2D eigenvalue weighted by Crippen LogP contribution is 2.32. The van der Waals surface area contributed by atoms with Gasteiger partial charge in [0.05, 0.1) is 13.2 Å². The Hall–Kier alpha value is -2.39. The molecule has 2 aromatic heterocycles. The topological polar surface area (TPSA) is 74.3 Å². The number of aromatic nitrogens is 4. The zero-order valence-electron chi connectivity index (χ0n) is 15.2. The molecular formula is C18H20BrN5O3. The minimum atomic E-state index is -0.376. The van der Waals surface area contributed by atoms with Crippen LogP contribution in [0.5, 0.6) is 0 Å². The highest BCUT2D eigenvalue weighted by atomic mass is 79.9. The van der Waals surface area contributed by atoms with Gasteiger partial charge in [-0.2, -0.15) is 4.98 Å². The Balaban J connectivity index is 1.85. The van der Waals surface area contributed by atoms with Gasteiger partial charge in [0.2, 0.25) is 5.95 Å². The number of benzene rings is 1. The van der Waals surface area contributed by atoms with Crippen LogP contribution in [-0.2, 0) is 24.9 Å². The number of halogens is 1. The van der Waals surface area contributed by atoms with Crippen LogP contribution < -0.4 is 16.1 Å². The van der Waals surface area contributed by atoms with Crippen LogP contribution >= 0.6 is 15.9 Å². The molecule has 1 aliphatic rings. The monoisotopic (exact) mass is 433 g/mol. The van der Waals surface area contributed by atoms with E-state index in [1.165, 1.54) is 9.13 Å². The Kier molecular flexibility index (Phi) is 4.65. The molecule has 0 atom stereocenters. The van der Waals surface area contributed by atoms with Crippen molar-refractivity contribution in [1.29, 1.82) is 0 Å². The van der Waals surface area contributed by atoms with Gasteiger partial charge in [0.15, 0.2) is 11.2 Å². The van der Waals surface area contributed by atoms with Crippen LogP contribution in [0.3, 0.4) is 0 Å². The molecule has 0 fully saturated rings. The molecular weight excluding hydrogens is 414 g/mol. The highest BCUT2D eigenvalue weighted by Gasteiger charge is 2.28. The number of hydrogen-bond acceptors (Lipinski definition) is 5. The van der Waals surface area contributed by atoms with Gasteiger partial charge in [-0.05, 0) is 31.2 Å². The standard InChI is InChI=1S/C18H20BrN5O3/c1-3-27-11-10-24-16(25)14-15(21(2)18(24)26)20-17-22(8-9-23(14)17)13-6-4-12(19)5-7-13/h4-7H,3,8-11H2,1-2H3. The molecule has 0 spiro atoms. The smallest absolute Gasteiger partial charge is 0.332 e. The van der Waals surface area contributed by atoms with Crippen LogP contribution in [0, 0.1) is 0 Å². The van der Waals surface area contributed by atoms with Gasteiger partial charge in [-0.25, -0.2) is 4.79 Å². The van der Waals surface area contributed by atoms with Crippen LogP contribution in [0.4, 0.5) is 11.6 Å². The number of nitrogens with zero attached hydrogens (tertiary/aromatic N) is 5. The first-order valence-electron chi connectivity index (χ1n) is 8.84. The molecule has 142 valence electrons. The van der Waals surface area contributed by atoms with Crippen LogP contribution in [0.15, 0.2) is 38.3 Å². The Bertz CT molecular complexity index is 1110. The molecule has 0 bridgehead atoms. The lowest BCUT2D eigenvalue weighted by atomic mass is 10.3. The second-order valence-corrected chi connectivity index (χ2v) is 7.27. The summed E-state index contributed by atoms with van der Waals surface area (Å²) in [4.78, 5) is 32.3. The lowest BCUT2D eigenvalue weighted by molar-refractivity contribution is 0.137. The summed E-state index contributed by atoms with van der Waals surface area (Å²) in [5.74, 6) is 0.682. The minimum absolute atomic E-state index is 0.228. The van der Waals surface area contributed by atoms with E-state index < -0.39 is 0 Å². The van der Waals surface area contributed by atoms with Gasteiger partial charge in [-0.1, -0.05) is 15.9 Å². The van der Waals surface area contributed by atoms with Gasteiger partial charge < -0.3 is 14.2 Å².